The molecule has 0 saturated carbocycles. The SMILES string of the molecule is O=C(NC1CCN(NCC(O)COc2ccc(Cl)c(F)c2)C1)c1ccc2cc(Cl)ccc2n1. The molecule has 0 radical (unpaired) electrons. The lowest BCUT2D eigenvalue weighted by molar-refractivity contribution is 0.0809. The maximum Gasteiger partial charge on any atom is 0.270 e. The first kappa shape index (κ1) is 23.7. The van der Waals surface area contributed by atoms with Crippen LogP contribution in [-0.4, -0.2) is 59.4 Å². The van der Waals surface area contributed by atoms with Gasteiger partial charge in [-0.1, -0.05) is 29.3 Å². The number of amides is 1. The molecule has 3 N–H and O–H groups in total. The summed E-state index contributed by atoms with van der Waals surface area (Å²) in [5.74, 6) is -0.511. The normalized spacial score (nSPS) is 17.3. The molecule has 0 spiro atoms. The van der Waals surface area contributed by atoms with Crippen molar-refractivity contribution in [1.29, 1.82) is 0 Å². The predicted molar refractivity (Wildman–Crippen MR) is 125 cm³/mol. The summed E-state index contributed by atoms with van der Waals surface area (Å²) in [6, 6.07) is 12.9. The lowest BCUT2D eigenvalue weighted by Crippen LogP contribution is -2.44. The zero-order valence-electron chi connectivity index (χ0n) is 17.6. The summed E-state index contributed by atoms with van der Waals surface area (Å²) >= 11 is 11.6. The smallest absolute Gasteiger partial charge is 0.270 e. The van der Waals surface area contributed by atoms with Gasteiger partial charge in [0.1, 0.15) is 30.0 Å². The second-order valence-corrected chi connectivity index (χ2v) is 8.69. The van der Waals surface area contributed by atoms with Crippen LogP contribution < -0.4 is 15.5 Å². The van der Waals surface area contributed by atoms with Crippen LogP contribution in [-0.2, 0) is 0 Å². The van der Waals surface area contributed by atoms with Crippen LogP contribution in [0.25, 0.3) is 10.9 Å². The molecule has 1 amide bonds. The maximum atomic E-state index is 13.4. The molecule has 2 unspecified atom stereocenters. The number of carbonyl (C=O) groups excluding carboxylic acids is 1. The molecule has 1 saturated heterocycles. The second kappa shape index (κ2) is 10.6. The van der Waals surface area contributed by atoms with E-state index in [0.29, 0.717) is 35.1 Å². The molecule has 2 atom stereocenters. The quantitative estimate of drug-likeness (QED) is 0.446. The number of aliphatic hydroxyl groups is 1. The van der Waals surface area contributed by atoms with Gasteiger partial charge in [0.15, 0.2) is 0 Å². The number of nitrogens with one attached hydrogen (secondary N) is 2. The van der Waals surface area contributed by atoms with Crippen molar-refractivity contribution in [2.24, 2.45) is 0 Å². The van der Waals surface area contributed by atoms with Gasteiger partial charge in [0.25, 0.3) is 5.91 Å². The second-order valence-electron chi connectivity index (χ2n) is 7.84. The van der Waals surface area contributed by atoms with Crippen molar-refractivity contribution in [3.8, 4) is 5.75 Å². The van der Waals surface area contributed by atoms with Crippen molar-refractivity contribution in [3.05, 3.63) is 70.1 Å². The Morgan fingerprint density at radius 3 is 2.91 bits per heavy atom. The van der Waals surface area contributed by atoms with Gasteiger partial charge in [-0.25, -0.2) is 14.4 Å². The number of aliphatic hydroxyl groups excluding tert-OH is 1. The minimum absolute atomic E-state index is 0.000915. The van der Waals surface area contributed by atoms with Gasteiger partial charge in [0.2, 0.25) is 0 Å². The average Bonchev–Trinajstić information content (AvgIpc) is 3.25. The van der Waals surface area contributed by atoms with E-state index in [1.165, 1.54) is 12.1 Å². The fourth-order valence-corrected chi connectivity index (χ4v) is 3.85. The van der Waals surface area contributed by atoms with E-state index in [1.807, 2.05) is 11.1 Å². The number of halogens is 3. The summed E-state index contributed by atoms with van der Waals surface area (Å²) in [6.45, 7) is 1.56. The molecule has 3 aromatic rings. The van der Waals surface area contributed by atoms with Crippen LogP contribution in [0.2, 0.25) is 10.0 Å². The molecule has 1 aliphatic heterocycles. The van der Waals surface area contributed by atoms with E-state index < -0.39 is 11.9 Å². The van der Waals surface area contributed by atoms with Gasteiger partial charge in [0.05, 0.1) is 10.5 Å². The Hall–Kier alpha value is -2.49. The van der Waals surface area contributed by atoms with E-state index in [-0.39, 0.29) is 30.1 Å². The maximum absolute atomic E-state index is 13.4. The number of rotatable bonds is 8. The largest absolute Gasteiger partial charge is 0.491 e. The Morgan fingerprint density at radius 1 is 1.24 bits per heavy atom. The van der Waals surface area contributed by atoms with E-state index in [2.05, 4.69) is 15.7 Å². The summed E-state index contributed by atoms with van der Waals surface area (Å²) in [6.07, 6.45) is -0.0360. The number of hydrogen-bond donors (Lipinski definition) is 3. The number of benzene rings is 2. The number of fused-ring (bicyclic) bond motifs is 1. The van der Waals surface area contributed by atoms with E-state index in [0.717, 1.165) is 11.8 Å². The van der Waals surface area contributed by atoms with Gasteiger partial charge in [0, 0.05) is 42.2 Å². The molecule has 2 aromatic carbocycles. The van der Waals surface area contributed by atoms with Crippen molar-refractivity contribution in [2.45, 2.75) is 18.6 Å². The van der Waals surface area contributed by atoms with Crippen molar-refractivity contribution >= 4 is 40.0 Å². The van der Waals surface area contributed by atoms with Crippen LogP contribution >= 0.6 is 23.2 Å². The fourth-order valence-electron chi connectivity index (χ4n) is 3.56. The van der Waals surface area contributed by atoms with Gasteiger partial charge in [-0.05, 0) is 42.8 Å². The average molecular weight is 493 g/mol. The Morgan fingerprint density at radius 2 is 2.09 bits per heavy atom. The Labute approximate surface area is 200 Å². The highest BCUT2D eigenvalue weighted by molar-refractivity contribution is 6.31. The summed E-state index contributed by atoms with van der Waals surface area (Å²) in [5.41, 5.74) is 4.20. The van der Waals surface area contributed by atoms with Crippen LogP contribution in [0, 0.1) is 5.82 Å². The zero-order valence-corrected chi connectivity index (χ0v) is 19.1. The first-order valence-electron chi connectivity index (χ1n) is 10.5. The van der Waals surface area contributed by atoms with Crippen molar-refractivity contribution in [1.82, 2.24) is 20.7 Å². The highest BCUT2D eigenvalue weighted by Gasteiger charge is 2.25. The molecule has 174 valence electrons. The van der Waals surface area contributed by atoms with Crippen LogP contribution in [0.3, 0.4) is 0 Å². The molecular weight excluding hydrogens is 470 g/mol. The molecule has 1 aromatic heterocycles. The number of nitrogens with zero attached hydrogens (tertiary/aromatic N) is 2. The zero-order chi connectivity index (χ0) is 23.4. The van der Waals surface area contributed by atoms with Crippen LogP contribution in [0.5, 0.6) is 5.75 Å². The lowest BCUT2D eigenvalue weighted by Gasteiger charge is -2.20. The molecule has 1 fully saturated rings. The monoisotopic (exact) mass is 492 g/mol. The third kappa shape index (κ3) is 6.31. The highest BCUT2D eigenvalue weighted by atomic mass is 35.5. The number of ether oxygens (including phenoxy) is 1. The van der Waals surface area contributed by atoms with Gasteiger partial charge in [-0.2, -0.15) is 0 Å². The van der Waals surface area contributed by atoms with Crippen molar-refractivity contribution in [2.75, 3.05) is 26.2 Å². The molecule has 0 bridgehead atoms. The molecule has 4 rings (SSSR count). The molecule has 2 heterocycles. The number of hydrogen-bond acceptors (Lipinski definition) is 6. The summed E-state index contributed by atoms with van der Waals surface area (Å²) < 4.78 is 18.8. The minimum Gasteiger partial charge on any atom is -0.491 e. The molecule has 1 aliphatic rings. The van der Waals surface area contributed by atoms with Crippen molar-refractivity contribution in [3.63, 3.8) is 0 Å². The number of carbonyl (C=O) groups is 1. The molecule has 7 nitrogen and oxygen atoms in total. The predicted octanol–water partition coefficient (Wildman–Crippen LogP) is 3.43. The standard InChI is InChI=1S/C23H23Cl2FN4O3/c24-15-2-6-21-14(9-15)1-5-22(29-21)23(32)28-16-7-8-30(12-16)27-11-17(31)13-33-18-3-4-19(25)20(26)10-18/h1-6,9-10,16-17,27,31H,7-8,11-13H2,(H,28,32). The van der Waals surface area contributed by atoms with Crippen LogP contribution in [0.4, 0.5) is 4.39 Å². The third-order valence-electron chi connectivity index (χ3n) is 5.29. The fraction of sp³-hybridized carbons (Fsp3) is 0.304. The Bertz CT molecular complexity index is 1150. The van der Waals surface area contributed by atoms with Gasteiger partial charge in [-0.15, -0.1) is 0 Å². The highest BCUT2D eigenvalue weighted by Crippen LogP contribution is 2.21. The molecular formula is C23H23Cl2FN4O3. The third-order valence-corrected chi connectivity index (χ3v) is 5.83. The summed E-state index contributed by atoms with van der Waals surface area (Å²) in [4.78, 5) is 17.0. The van der Waals surface area contributed by atoms with Crippen LogP contribution in [0.15, 0.2) is 48.5 Å². The first-order chi connectivity index (χ1) is 15.9. The van der Waals surface area contributed by atoms with E-state index in [4.69, 9.17) is 27.9 Å². The summed E-state index contributed by atoms with van der Waals surface area (Å²) in [5, 5.41) is 16.6. The topological polar surface area (TPSA) is 86.7 Å². The van der Waals surface area contributed by atoms with Gasteiger partial charge < -0.3 is 15.2 Å². The van der Waals surface area contributed by atoms with E-state index in [1.54, 1.807) is 30.3 Å². The van der Waals surface area contributed by atoms with Crippen molar-refractivity contribution < 1.29 is 19.0 Å². The molecule has 0 aliphatic carbocycles. The Kier molecular flexibility index (Phi) is 7.62. The first-order valence-corrected chi connectivity index (χ1v) is 11.2. The number of pyridine rings is 1. The van der Waals surface area contributed by atoms with Gasteiger partial charge in [-0.3, -0.25) is 10.2 Å². The Balaban J connectivity index is 1.21. The van der Waals surface area contributed by atoms with E-state index in [9.17, 15) is 14.3 Å². The number of hydrazine groups is 1. The van der Waals surface area contributed by atoms with E-state index >= 15 is 0 Å². The molecule has 10 heteroatoms. The summed E-state index contributed by atoms with van der Waals surface area (Å²) in [7, 11) is 0. The molecule has 33 heavy (non-hydrogen) atoms. The number of aromatic nitrogens is 1. The van der Waals surface area contributed by atoms with Gasteiger partial charge >= 0.3 is 0 Å². The minimum atomic E-state index is -0.798. The van der Waals surface area contributed by atoms with Crippen LogP contribution in [0.1, 0.15) is 16.9 Å². The lowest BCUT2D eigenvalue weighted by atomic mass is 10.2.